The van der Waals surface area contributed by atoms with Gasteiger partial charge in [0.05, 0.1) is 0 Å². The Morgan fingerprint density at radius 2 is 1.76 bits per heavy atom. The van der Waals surface area contributed by atoms with Crippen molar-refractivity contribution in [2.45, 2.75) is 26.8 Å². The fourth-order valence-electron chi connectivity index (χ4n) is 3.66. The number of hydrogen-bond acceptors (Lipinski definition) is 4. The van der Waals surface area contributed by atoms with E-state index in [1.807, 2.05) is 56.3 Å². The Morgan fingerprint density at radius 1 is 1.03 bits per heavy atom. The van der Waals surface area contributed by atoms with E-state index in [4.69, 9.17) is 0 Å². The van der Waals surface area contributed by atoms with Crippen LogP contribution in [0.2, 0.25) is 0 Å². The van der Waals surface area contributed by atoms with Gasteiger partial charge in [-0.3, -0.25) is 18.7 Å². The van der Waals surface area contributed by atoms with Crippen LogP contribution in [0.25, 0.3) is 21.8 Å². The maximum absolute atomic E-state index is 12.8. The van der Waals surface area contributed by atoms with E-state index in [1.165, 1.54) is 11.6 Å². The monoisotopic (exact) mass is 390 g/mol. The molecule has 29 heavy (non-hydrogen) atoms. The first-order valence-corrected chi connectivity index (χ1v) is 9.56. The molecule has 7 nitrogen and oxygen atoms in total. The molecular formula is C22H22N4O3. The fraction of sp³-hybridized carbons (Fsp3) is 0.273. The van der Waals surface area contributed by atoms with E-state index < -0.39 is 16.8 Å². The number of nitrogens with zero attached hydrogens (tertiary/aromatic N) is 3. The minimum absolute atomic E-state index is 0.0885. The highest BCUT2D eigenvalue weighted by atomic mass is 16.2. The number of hydrogen-bond donors (Lipinski definition) is 1. The van der Waals surface area contributed by atoms with Crippen molar-refractivity contribution in [2.75, 3.05) is 0 Å². The van der Waals surface area contributed by atoms with Gasteiger partial charge in [-0.25, -0.2) is 9.78 Å². The zero-order valence-electron chi connectivity index (χ0n) is 16.6. The second-order valence-corrected chi connectivity index (χ2v) is 7.68. The largest absolute Gasteiger partial charge is 0.332 e. The van der Waals surface area contributed by atoms with Crippen molar-refractivity contribution in [3.8, 4) is 0 Å². The van der Waals surface area contributed by atoms with Gasteiger partial charge in [-0.1, -0.05) is 56.3 Å². The van der Waals surface area contributed by atoms with E-state index in [2.05, 4.69) is 9.97 Å². The molecule has 0 atom stereocenters. The molecule has 4 aromatic rings. The number of aromatic nitrogens is 4. The Labute approximate surface area is 166 Å². The van der Waals surface area contributed by atoms with E-state index >= 15 is 0 Å². The van der Waals surface area contributed by atoms with Crippen LogP contribution in [0.3, 0.4) is 0 Å². The molecule has 0 radical (unpaired) electrons. The Bertz CT molecular complexity index is 1400. The summed E-state index contributed by atoms with van der Waals surface area (Å²) < 4.78 is 2.38. The summed E-state index contributed by atoms with van der Waals surface area (Å²) in [4.78, 5) is 45.2. The lowest BCUT2D eigenvalue weighted by molar-refractivity contribution is 0.498. The molecule has 7 heteroatoms. The molecule has 1 N–H and O–H groups in total. The average Bonchev–Trinajstić information content (AvgIpc) is 2.69. The van der Waals surface area contributed by atoms with Gasteiger partial charge in [0, 0.05) is 20.0 Å². The summed E-state index contributed by atoms with van der Waals surface area (Å²) >= 11 is 0. The first-order valence-electron chi connectivity index (χ1n) is 9.56. The molecule has 0 unspecified atom stereocenters. The van der Waals surface area contributed by atoms with E-state index in [-0.39, 0.29) is 17.0 Å². The minimum Gasteiger partial charge on any atom is -0.309 e. The highest BCUT2D eigenvalue weighted by Gasteiger charge is 2.17. The van der Waals surface area contributed by atoms with Gasteiger partial charge in [-0.05, 0) is 22.3 Å². The zero-order chi connectivity index (χ0) is 20.7. The SMILES string of the molecule is CC(C)Cn1c(=O)n(C)c(=O)c2c(=O)[nH]c(Cc3cccc4ccccc34)nc21. The molecule has 0 aliphatic heterocycles. The lowest BCUT2D eigenvalue weighted by atomic mass is 10.0. The summed E-state index contributed by atoms with van der Waals surface area (Å²) in [6, 6.07) is 14.0. The lowest BCUT2D eigenvalue weighted by Crippen LogP contribution is -2.41. The Morgan fingerprint density at radius 3 is 2.52 bits per heavy atom. The van der Waals surface area contributed by atoms with Gasteiger partial charge >= 0.3 is 5.69 Å². The standard InChI is InChI=1S/C22H22N4O3/c1-13(2)12-26-19-18(21(28)25(3)22(26)29)20(27)24-17(23-19)11-15-9-6-8-14-7-4-5-10-16(14)15/h4-10,13H,11-12H2,1-3H3,(H,23,24,27). The van der Waals surface area contributed by atoms with Crippen molar-refractivity contribution < 1.29 is 0 Å². The number of H-pyrrole nitrogens is 1. The second-order valence-electron chi connectivity index (χ2n) is 7.68. The molecule has 4 rings (SSSR count). The summed E-state index contributed by atoms with van der Waals surface area (Å²) in [5.41, 5.74) is -0.470. The van der Waals surface area contributed by atoms with Crippen LogP contribution < -0.4 is 16.8 Å². The van der Waals surface area contributed by atoms with E-state index in [1.54, 1.807) is 0 Å². The van der Waals surface area contributed by atoms with Gasteiger partial charge < -0.3 is 4.98 Å². The molecule has 2 aromatic heterocycles. The van der Waals surface area contributed by atoms with Crippen molar-refractivity contribution in [1.82, 2.24) is 19.1 Å². The molecule has 0 saturated carbocycles. The van der Waals surface area contributed by atoms with Crippen molar-refractivity contribution in [3.05, 3.63) is 85.0 Å². The van der Waals surface area contributed by atoms with Crippen molar-refractivity contribution >= 4 is 21.8 Å². The van der Waals surface area contributed by atoms with Crippen LogP contribution in [0.15, 0.2) is 56.8 Å². The summed E-state index contributed by atoms with van der Waals surface area (Å²) in [6.45, 7) is 4.30. The van der Waals surface area contributed by atoms with E-state index in [0.717, 1.165) is 20.9 Å². The first-order chi connectivity index (χ1) is 13.9. The van der Waals surface area contributed by atoms with Crippen molar-refractivity contribution in [3.63, 3.8) is 0 Å². The van der Waals surface area contributed by atoms with Crippen LogP contribution >= 0.6 is 0 Å². The molecular weight excluding hydrogens is 368 g/mol. The van der Waals surface area contributed by atoms with Gasteiger partial charge in [-0.2, -0.15) is 0 Å². The predicted octanol–water partition coefficient (Wildman–Crippen LogP) is 2.18. The van der Waals surface area contributed by atoms with Crippen LogP contribution in [0.1, 0.15) is 25.2 Å². The Hall–Kier alpha value is -3.48. The number of benzene rings is 2. The summed E-state index contributed by atoms with van der Waals surface area (Å²) in [5, 5.41) is 2.08. The van der Waals surface area contributed by atoms with Gasteiger partial charge in [0.15, 0.2) is 5.65 Å². The first kappa shape index (κ1) is 18.9. The summed E-state index contributed by atoms with van der Waals surface area (Å²) in [5.74, 6) is 0.569. The molecule has 0 aliphatic rings. The van der Waals surface area contributed by atoms with Crippen LogP contribution in [0, 0.1) is 5.92 Å². The Balaban J connectivity index is 1.95. The van der Waals surface area contributed by atoms with E-state index in [9.17, 15) is 14.4 Å². The number of nitrogens with one attached hydrogen (secondary N) is 1. The van der Waals surface area contributed by atoms with Crippen LogP contribution in [-0.2, 0) is 20.0 Å². The van der Waals surface area contributed by atoms with Crippen molar-refractivity contribution in [2.24, 2.45) is 13.0 Å². The molecule has 0 amide bonds. The maximum Gasteiger partial charge on any atom is 0.332 e. The van der Waals surface area contributed by atoms with Crippen LogP contribution in [0.4, 0.5) is 0 Å². The lowest BCUT2D eigenvalue weighted by Gasteiger charge is -2.14. The number of aromatic amines is 1. The fourth-order valence-corrected chi connectivity index (χ4v) is 3.66. The molecule has 0 bridgehead atoms. The van der Waals surface area contributed by atoms with E-state index in [0.29, 0.717) is 18.8 Å². The highest BCUT2D eigenvalue weighted by Crippen LogP contribution is 2.20. The third-order valence-corrected chi connectivity index (χ3v) is 5.03. The molecule has 0 fully saturated rings. The maximum atomic E-state index is 12.8. The van der Waals surface area contributed by atoms with Gasteiger partial charge in [0.1, 0.15) is 11.2 Å². The third kappa shape index (κ3) is 3.29. The summed E-state index contributed by atoms with van der Waals surface area (Å²) in [6.07, 6.45) is 0.387. The Kier molecular flexibility index (Phi) is 4.66. The summed E-state index contributed by atoms with van der Waals surface area (Å²) in [7, 11) is 1.38. The smallest absolute Gasteiger partial charge is 0.309 e. The topological polar surface area (TPSA) is 89.8 Å². The molecule has 2 heterocycles. The number of rotatable bonds is 4. The zero-order valence-corrected chi connectivity index (χ0v) is 16.6. The normalized spacial score (nSPS) is 11.6. The van der Waals surface area contributed by atoms with Gasteiger partial charge in [-0.15, -0.1) is 0 Å². The quantitative estimate of drug-likeness (QED) is 0.578. The number of fused-ring (bicyclic) bond motifs is 2. The van der Waals surface area contributed by atoms with Gasteiger partial charge in [0.25, 0.3) is 11.1 Å². The molecule has 0 aliphatic carbocycles. The van der Waals surface area contributed by atoms with Crippen LogP contribution in [-0.4, -0.2) is 19.1 Å². The molecule has 0 saturated heterocycles. The third-order valence-electron chi connectivity index (χ3n) is 5.03. The predicted molar refractivity (Wildman–Crippen MR) is 113 cm³/mol. The highest BCUT2D eigenvalue weighted by molar-refractivity contribution is 5.85. The van der Waals surface area contributed by atoms with Crippen LogP contribution in [0.5, 0.6) is 0 Å². The minimum atomic E-state index is -0.629. The van der Waals surface area contributed by atoms with Gasteiger partial charge in [0.2, 0.25) is 0 Å². The molecule has 0 spiro atoms. The van der Waals surface area contributed by atoms with Crippen molar-refractivity contribution in [1.29, 1.82) is 0 Å². The molecule has 2 aromatic carbocycles. The average molecular weight is 390 g/mol. The second kappa shape index (κ2) is 7.16. The molecule has 148 valence electrons.